The second-order valence-corrected chi connectivity index (χ2v) is 6.71. The molecule has 0 saturated heterocycles. The summed E-state index contributed by atoms with van der Waals surface area (Å²) < 4.78 is 5.20. The molecule has 1 heterocycles. The van der Waals surface area contributed by atoms with Gasteiger partial charge >= 0.3 is 0 Å². The van der Waals surface area contributed by atoms with Crippen LogP contribution in [0.3, 0.4) is 0 Å². The van der Waals surface area contributed by atoms with E-state index in [0.29, 0.717) is 19.1 Å². The molecule has 0 amide bonds. The number of nitrogens with zero attached hydrogens (tertiary/aromatic N) is 3. The van der Waals surface area contributed by atoms with Gasteiger partial charge in [-0.2, -0.15) is 0 Å². The Morgan fingerprint density at radius 3 is 2.50 bits per heavy atom. The van der Waals surface area contributed by atoms with Crippen molar-refractivity contribution < 1.29 is 4.74 Å². The summed E-state index contributed by atoms with van der Waals surface area (Å²) in [6.45, 7) is 8.54. The number of thiazole rings is 1. The van der Waals surface area contributed by atoms with Crippen LogP contribution in [0.25, 0.3) is 0 Å². The predicted octanol–water partition coefficient (Wildman–Crippen LogP) is 1.77. The monoisotopic (exact) mass is 300 g/mol. The van der Waals surface area contributed by atoms with E-state index in [1.54, 1.807) is 18.4 Å². The molecule has 0 aliphatic heterocycles. The minimum Gasteiger partial charge on any atom is -0.378 e. The average molecular weight is 300 g/mol. The van der Waals surface area contributed by atoms with Crippen LogP contribution in [-0.4, -0.2) is 50.7 Å². The van der Waals surface area contributed by atoms with E-state index in [4.69, 9.17) is 15.5 Å². The minimum absolute atomic E-state index is 0.527. The largest absolute Gasteiger partial charge is 0.378 e. The second-order valence-electron chi connectivity index (χ2n) is 5.65. The highest BCUT2D eigenvalue weighted by Crippen LogP contribution is 2.27. The smallest absolute Gasteiger partial charge is 0.185 e. The van der Waals surface area contributed by atoms with Gasteiger partial charge in [0.15, 0.2) is 5.13 Å². The molecule has 0 spiro atoms. The van der Waals surface area contributed by atoms with E-state index in [-0.39, 0.29) is 0 Å². The number of aromatic nitrogens is 1. The molecule has 0 radical (unpaired) electrons. The SMILES string of the molecule is COCc1nc(N(CCN(C)C)CC(C)C)sc1CN. The Bertz CT molecular complexity index is 393. The standard InChI is InChI=1S/C14H28N4OS/c1-11(2)9-18(7-6-17(3)4)14-16-12(10-19-5)13(8-15)20-14/h11H,6-10,15H2,1-5H3. The topological polar surface area (TPSA) is 54.6 Å². The van der Waals surface area contributed by atoms with E-state index in [1.165, 1.54) is 0 Å². The van der Waals surface area contributed by atoms with Crippen LogP contribution in [0.4, 0.5) is 5.13 Å². The van der Waals surface area contributed by atoms with Crippen LogP contribution in [0.5, 0.6) is 0 Å². The third-order valence-electron chi connectivity index (χ3n) is 2.91. The highest BCUT2D eigenvalue weighted by Gasteiger charge is 2.16. The molecule has 0 aromatic carbocycles. The normalized spacial score (nSPS) is 11.6. The van der Waals surface area contributed by atoms with Gasteiger partial charge in [-0.05, 0) is 20.0 Å². The molecule has 0 aliphatic carbocycles. The molecule has 0 bridgehead atoms. The fourth-order valence-corrected chi connectivity index (χ4v) is 2.92. The Kier molecular flexibility index (Phi) is 7.43. The highest BCUT2D eigenvalue weighted by molar-refractivity contribution is 7.15. The second kappa shape index (κ2) is 8.56. The Labute approximate surface area is 126 Å². The van der Waals surface area contributed by atoms with Gasteiger partial charge < -0.3 is 20.3 Å². The summed E-state index contributed by atoms with van der Waals surface area (Å²) in [6, 6.07) is 0. The lowest BCUT2D eigenvalue weighted by Gasteiger charge is -2.25. The van der Waals surface area contributed by atoms with Crippen molar-refractivity contribution in [1.29, 1.82) is 0 Å². The van der Waals surface area contributed by atoms with Crippen molar-refractivity contribution in [3.63, 3.8) is 0 Å². The maximum absolute atomic E-state index is 5.81. The Morgan fingerprint density at radius 1 is 1.30 bits per heavy atom. The van der Waals surface area contributed by atoms with E-state index in [1.807, 2.05) is 0 Å². The number of methoxy groups -OCH3 is 1. The van der Waals surface area contributed by atoms with Gasteiger partial charge in [0.1, 0.15) is 0 Å². The molecule has 0 unspecified atom stereocenters. The molecule has 1 rings (SSSR count). The van der Waals surface area contributed by atoms with Crippen molar-refractivity contribution in [2.24, 2.45) is 11.7 Å². The van der Waals surface area contributed by atoms with Gasteiger partial charge in [-0.3, -0.25) is 0 Å². The molecule has 2 N–H and O–H groups in total. The minimum atomic E-state index is 0.527. The zero-order valence-corrected chi connectivity index (χ0v) is 14.2. The highest BCUT2D eigenvalue weighted by atomic mass is 32.1. The molecule has 1 aromatic heterocycles. The number of nitrogens with two attached hydrogens (primary N) is 1. The number of hydrogen-bond donors (Lipinski definition) is 1. The molecule has 0 aliphatic rings. The van der Waals surface area contributed by atoms with Crippen molar-refractivity contribution in [3.05, 3.63) is 10.6 Å². The van der Waals surface area contributed by atoms with E-state index in [2.05, 4.69) is 37.7 Å². The molecule has 1 aromatic rings. The first-order valence-electron chi connectivity index (χ1n) is 7.05. The van der Waals surface area contributed by atoms with Crippen molar-refractivity contribution in [2.45, 2.75) is 27.0 Å². The van der Waals surface area contributed by atoms with Crippen molar-refractivity contribution >= 4 is 16.5 Å². The van der Waals surface area contributed by atoms with Crippen LogP contribution in [0.15, 0.2) is 0 Å². The summed E-state index contributed by atoms with van der Waals surface area (Å²) in [5.74, 6) is 0.605. The molecule has 116 valence electrons. The summed E-state index contributed by atoms with van der Waals surface area (Å²) in [5.41, 5.74) is 6.79. The summed E-state index contributed by atoms with van der Waals surface area (Å²) in [6.07, 6.45) is 0. The first kappa shape index (κ1) is 17.4. The van der Waals surface area contributed by atoms with Gasteiger partial charge in [-0.25, -0.2) is 4.98 Å². The lowest BCUT2D eigenvalue weighted by atomic mass is 10.2. The average Bonchev–Trinajstić information content (AvgIpc) is 2.77. The quantitative estimate of drug-likeness (QED) is 0.753. The van der Waals surface area contributed by atoms with Crippen LogP contribution >= 0.6 is 11.3 Å². The number of hydrogen-bond acceptors (Lipinski definition) is 6. The molecule has 0 fully saturated rings. The van der Waals surface area contributed by atoms with Crippen molar-refractivity contribution in [2.75, 3.05) is 45.7 Å². The van der Waals surface area contributed by atoms with Gasteiger partial charge in [0.05, 0.1) is 12.3 Å². The molecule has 0 saturated carbocycles. The van der Waals surface area contributed by atoms with Crippen LogP contribution in [-0.2, 0) is 17.9 Å². The zero-order chi connectivity index (χ0) is 15.1. The van der Waals surface area contributed by atoms with Crippen LogP contribution in [0.1, 0.15) is 24.4 Å². The maximum Gasteiger partial charge on any atom is 0.185 e. The molecule has 6 heteroatoms. The number of ether oxygens (including phenoxy) is 1. The first-order chi connectivity index (χ1) is 9.47. The van der Waals surface area contributed by atoms with Gasteiger partial charge in [0.25, 0.3) is 0 Å². The lowest BCUT2D eigenvalue weighted by Crippen LogP contribution is -2.34. The zero-order valence-electron chi connectivity index (χ0n) is 13.3. The van der Waals surface area contributed by atoms with Gasteiger partial charge in [-0.1, -0.05) is 13.8 Å². The maximum atomic E-state index is 5.81. The third-order valence-corrected chi connectivity index (χ3v) is 4.09. The van der Waals surface area contributed by atoms with Crippen molar-refractivity contribution in [1.82, 2.24) is 9.88 Å². The molecule has 20 heavy (non-hydrogen) atoms. The number of rotatable bonds is 9. The van der Waals surface area contributed by atoms with E-state index < -0.39 is 0 Å². The van der Waals surface area contributed by atoms with Gasteiger partial charge in [0, 0.05) is 38.2 Å². The molecule has 0 atom stereocenters. The Hall–Kier alpha value is -0.690. The first-order valence-corrected chi connectivity index (χ1v) is 7.86. The van der Waals surface area contributed by atoms with E-state index >= 15 is 0 Å². The summed E-state index contributed by atoms with van der Waals surface area (Å²) in [4.78, 5) is 10.4. The van der Waals surface area contributed by atoms with Crippen molar-refractivity contribution in [3.8, 4) is 0 Å². The lowest BCUT2D eigenvalue weighted by molar-refractivity contribution is 0.181. The number of anilines is 1. The molecule has 5 nitrogen and oxygen atoms in total. The fraction of sp³-hybridized carbons (Fsp3) is 0.786. The molecular formula is C14H28N4OS. The fourth-order valence-electron chi connectivity index (χ4n) is 1.94. The summed E-state index contributed by atoms with van der Waals surface area (Å²) in [5, 5.41) is 1.06. The van der Waals surface area contributed by atoms with Crippen LogP contribution in [0, 0.1) is 5.92 Å². The third kappa shape index (κ3) is 5.36. The van der Waals surface area contributed by atoms with Crippen LogP contribution in [0.2, 0.25) is 0 Å². The van der Waals surface area contributed by atoms with E-state index in [0.717, 1.165) is 35.3 Å². The van der Waals surface area contributed by atoms with E-state index in [9.17, 15) is 0 Å². The number of likely N-dealkylation sites (N-methyl/N-ethyl adjacent to an activating group) is 1. The van der Waals surface area contributed by atoms with Gasteiger partial charge in [-0.15, -0.1) is 11.3 Å². The van der Waals surface area contributed by atoms with Crippen LogP contribution < -0.4 is 10.6 Å². The summed E-state index contributed by atoms with van der Waals surface area (Å²) in [7, 11) is 5.88. The summed E-state index contributed by atoms with van der Waals surface area (Å²) >= 11 is 1.69. The van der Waals surface area contributed by atoms with Gasteiger partial charge in [0.2, 0.25) is 0 Å². The Morgan fingerprint density at radius 2 is 2.00 bits per heavy atom. The molecular weight excluding hydrogens is 272 g/mol. The Balaban J connectivity index is 2.88. The predicted molar refractivity (Wildman–Crippen MR) is 86.3 cm³/mol.